The van der Waals surface area contributed by atoms with E-state index in [4.69, 9.17) is 13.3 Å². The third-order valence-corrected chi connectivity index (χ3v) is 6.52. The molecule has 0 bridgehead atoms. The van der Waals surface area contributed by atoms with E-state index >= 15 is 0 Å². The van der Waals surface area contributed by atoms with Gasteiger partial charge in [-0.05, 0) is 49.2 Å². The van der Waals surface area contributed by atoms with Crippen LogP contribution >= 0.6 is 0 Å². The molecule has 8 heteroatoms. The second-order valence-corrected chi connectivity index (χ2v) is 8.48. The molecule has 3 fully saturated rings. The second kappa shape index (κ2) is 9.45. The minimum Gasteiger partial charge on any atom is -0.750 e. The zero-order chi connectivity index (χ0) is 20.1. The average Bonchev–Trinajstić information content (AvgIpc) is 3.12. The number of rotatable bonds is 5. The molecule has 0 aromatic heterocycles. The standard InChI is InChI=1S/C20H28N2O2.H2O3S/c23-19(22-13-18-16-11-21-12-17(16)18)20(24,14-7-3-1-4-8-14)15-9-5-2-6-10-15;1-4(2)3/h1,3-4,7-8,15-18,21,24H,2,5-6,9-13H2,(H,22,23);(H2,1,2,3)/p-1/t16-,17+,18?,20?;. The molecular formula is C20H29N2O5S-. The summed E-state index contributed by atoms with van der Waals surface area (Å²) < 4.78 is 24.1. The highest BCUT2D eigenvalue weighted by Gasteiger charge is 2.53. The van der Waals surface area contributed by atoms with Crippen molar-refractivity contribution < 1.29 is 23.2 Å². The third-order valence-electron chi connectivity index (χ3n) is 6.52. The number of nitrogens with one attached hydrogen (secondary N) is 2. The van der Waals surface area contributed by atoms with Crippen LogP contribution in [0.2, 0.25) is 0 Å². The Hall–Kier alpha value is -1.32. The van der Waals surface area contributed by atoms with E-state index in [1.165, 1.54) is 6.42 Å². The van der Waals surface area contributed by atoms with Crippen molar-refractivity contribution in [1.29, 1.82) is 0 Å². The summed E-state index contributed by atoms with van der Waals surface area (Å²) >= 11 is -2.86. The quantitative estimate of drug-likeness (QED) is 0.545. The first-order valence-electron chi connectivity index (χ1n) is 9.99. The van der Waals surface area contributed by atoms with Gasteiger partial charge in [0.15, 0.2) is 5.60 Å². The number of piperidine rings is 1. The maximum Gasteiger partial charge on any atom is 0.256 e. The van der Waals surface area contributed by atoms with E-state index in [-0.39, 0.29) is 11.8 Å². The minimum atomic E-state index is -2.86. The number of hydrogen-bond acceptors (Lipinski definition) is 5. The number of aliphatic hydroxyl groups is 1. The lowest BCUT2D eigenvalue weighted by atomic mass is 9.73. The Labute approximate surface area is 168 Å². The molecule has 4 rings (SSSR count). The van der Waals surface area contributed by atoms with Gasteiger partial charge in [-0.15, -0.1) is 0 Å². The molecule has 5 atom stereocenters. The fraction of sp³-hybridized carbons (Fsp3) is 0.650. The summed E-state index contributed by atoms with van der Waals surface area (Å²) in [7, 11) is 0. The lowest BCUT2D eigenvalue weighted by molar-refractivity contribution is -0.149. The van der Waals surface area contributed by atoms with Crippen LogP contribution < -0.4 is 10.6 Å². The van der Waals surface area contributed by atoms with Gasteiger partial charge >= 0.3 is 0 Å². The first-order chi connectivity index (χ1) is 13.4. The molecule has 2 aliphatic carbocycles. The van der Waals surface area contributed by atoms with Gasteiger partial charge in [-0.3, -0.25) is 4.79 Å². The zero-order valence-electron chi connectivity index (χ0n) is 15.9. The van der Waals surface area contributed by atoms with Crippen molar-refractivity contribution in [3.05, 3.63) is 35.9 Å². The summed E-state index contributed by atoms with van der Waals surface area (Å²) in [4.78, 5) is 13.0. The van der Waals surface area contributed by atoms with Gasteiger partial charge in [0.2, 0.25) is 0 Å². The lowest BCUT2D eigenvalue weighted by Gasteiger charge is -2.37. The van der Waals surface area contributed by atoms with Crippen LogP contribution in [0, 0.1) is 23.7 Å². The second-order valence-electron chi connectivity index (χ2n) is 8.04. The number of benzene rings is 1. The molecule has 3 unspecified atom stereocenters. The van der Waals surface area contributed by atoms with E-state index in [9.17, 15) is 9.90 Å². The fourth-order valence-electron chi connectivity index (χ4n) is 4.96. The zero-order valence-corrected chi connectivity index (χ0v) is 16.7. The number of carbonyl (C=O) groups is 1. The van der Waals surface area contributed by atoms with Gasteiger partial charge in [0, 0.05) is 12.5 Å². The van der Waals surface area contributed by atoms with Gasteiger partial charge in [0.1, 0.15) is 0 Å². The Morgan fingerprint density at radius 3 is 2.32 bits per heavy atom. The highest BCUT2D eigenvalue weighted by molar-refractivity contribution is 7.73. The summed E-state index contributed by atoms with van der Waals surface area (Å²) in [5, 5.41) is 18.0. The molecule has 1 aliphatic heterocycles. The Kier molecular flexibility index (Phi) is 7.22. The molecule has 4 N–H and O–H groups in total. The molecule has 1 aromatic carbocycles. The van der Waals surface area contributed by atoms with E-state index in [0.29, 0.717) is 12.5 Å². The summed E-state index contributed by atoms with van der Waals surface area (Å²) in [5.74, 6) is 1.88. The largest absolute Gasteiger partial charge is 0.750 e. The molecule has 7 nitrogen and oxygen atoms in total. The van der Waals surface area contributed by atoms with Crippen LogP contribution in [0.1, 0.15) is 37.7 Å². The van der Waals surface area contributed by atoms with Crippen LogP contribution in [-0.2, 0) is 21.8 Å². The Balaban J connectivity index is 0.000000516. The van der Waals surface area contributed by atoms with Gasteiger partial charge < -0.3 is 24.8 Å². The average molecular weight is 410 g/mol. The van der Waals surface area contributed by atoms with Crippen LogP contribution in [0.25, 0.3) is 0 Å². The van der Waals surface area contributed by atoms with Gasteiger partial charge in [-0.2, -0.15) is 0 Å². The van der Waals surface area contributed by atoms with E-state index in [0.717, 1.165) is 56.2 Å². The third kappa shape index (κ3) is 4.80. The molecular weight excluding hydrogens is 380 g/mol. The Morgan fingerprint density at radius 1 is 1.18 bits per heavy atom. The predicted molar refractivity (Wildman–Crippen MR) is 105 cm³/mol. The summed E-state index contributed by atoms with van der Waals surface area (Å²) in [6.45, 7) is 2.87. The van der Waals surface area contributed by atoms with Gasteiger partial charge in [0.25, 0.3) is 5.91 Å². The van der Waals surface area contributed by atoms with E-state index < -0.39 is 17.0 Å². The molecule has 3 aliphatic rings. The molecule has 2 saturated carbocycles. The van der Waals surface area contributed by atoms with Crippen LogP contribution in [0.3, 0.4) is 0 Å². The van der Waals surface area contributed by atoms with Crippen molar-refractivity contribution in [2.24, 2.45) is 23.7 Å². The first-order valence-corrected chi connectivity index (χ1v) is 11.0. The van der Waals surface area contributed by atoms with E-state index in [2.05, 4.69) is 10.6 Å². The molecule has 156 valence electrons. The molecule has 1 aromatic rings. The highest BCUT2D eigenvalue weighted by Crippen LogP contribution is 2.48. The van der Waals surface area contributed by atoms with Crippen LogP contribution in [0.5, 0.6) is 0 Å². The van der Waals surface area contributed by atoms with Crippen molar-refractivity contribution >= 4 is 17.3 Å². The monoisotopic (exact) mass is 409 g/mol. The van der Waals surface area contributed by atoms with Crippen molar-refractivity contribution in [3.8, 4) is 0 Å². The van der Waals surface area contributed by atoms with Gasteiger partial charge in [-0.1, -0.05) is 49.6 Å². The minimum absolute atomic E-state index is 0.0222. The van der Waals surface area contributed by atoms with Crippen molar-refractivity contribution in [3.63, 3.8) is 0 Å². The smallest absolute Gasteiger partial charge is 0.256 e. The topological polar surface area (TPSA) is 122 Å². The number of hydrogen-bond donors (Lipinski definition) is 4. The van der Waals surface area contributed by atoms with Gasteiger partial charge in [0.05, 0.1) is 11.4 Å². The van der Waals surface area contributed by atoms with Crippen LogP contribution in [0.4, 0.5) is 0 Å². The lowest BCUT2D eigenvalue weighted by Crippen LogP contribution is -2.50. The Morgan fingerprint density at radius 2 is 1.75 bits per heavy atom. The maximum absolute atomic E-state index is 13.0. The van der Waals surface area contributed by atoms with Gasteiger partial charge in [-0.25, -0.2) is 4.21 Å². The fourth-order valence-corrected chi connectivity index (χ4v) is 4.96. The van der Waals surface area contributed by atoms with E-state index in [1.807, 2.05) is 30.3 Å². The normalized spacial score (nSPS) is 29.6. The number of carbonyl (C=O) groups excluding carboxylic acids is 1. The van der Waals surface area contributed by atoms with Crippen molar-refractivity contribution in [2.45, 2.75) is 37.7 Å². The van der Waals surface area contributed by atoms with E-state index in [1.54, 1.807) is 0 Å². The van der Waals surface area contributed by atoms with Crippen molar-refractivity contribution in [2.75, 3.05) is 19.6 Å². The number of amides is 1. The molecule has 0 spiro atoms. The molecule has 1 heterocycles. The van der Waals surface area contributed by atoms with Crippen LogP contribution in [-0.4, -0.2) is 44.0 Å². The number of fused-ring (bicyclic) bond motifs is 1. The summed E-state index contributed by atoms with van der Waals surface area (Å²) in [6.07, 6.45) is 5.27. The first kappa shape index (κ1) is 21.4. The highest BCUT2D eigenvalue weighted by atomic mass is 32.2. The molecule has 1 amide bonds. The summed E-state index contributed by atoms with van der Waals surface area (Å²) in [6, 6.07) is 9.54. The van der Waals surface area contributed by atoms with Crippen molar-refractivity contribution in [1.82, 2.24) is 10.6 Å². The molecule has 28 heavy (non-hydrogen) atoms. The summed E-state index contributed by atoms with van der Waals surface area (Å²) in [5.41, 5.74) is -0.642. The SMILES string of the molecule is O=C(NCC1[C@H]2CNC[C@@H]12)C(O)(c1ccccc1)C1CCCCC1.O=S([O-])O. The molecule has 1 saturated heterocycles. The predicted octanol–water partition coefficient (Wildman–Crippen LogP) is 1.37. The maximum atomic E-state index is 13.0. The Bertz CT molecular complexity index is 668. The molecule has 0 radical (unpaired) electrons. The van der Waals surface area contributed by atoms with Crippen LogP contribution in [0.15, 0.2) is 30.3 Å².